The number of carbonyl (C=O) groups excluding carboxylic acids is 1. The normalized spacial score (nSPS) is 10.7. The Morgan fingerprint density at radius 1 is 1.14 bits per heavy atom. The van der Waals surface area contributed by atoms with E-state index >= 15 is 0 Å². The van der Waals surface area contributed by atoms with Crippen molar-refractivity contribution in [3.8, 4) is 11.5 Å². The summed E-state index contributed by atoms with van der Waals surface area (Å²) in [7, 11) is 1.61. The third kappa shape index (κ3) is 5.43. The molecule has 0 atom stereocenters. The smallest absolute Gasteiger partial charge is 0.246 e. The average molecular weight is 305 g/mol. The van der Waals surface area contributed by atoms with Crippen LogP contribution in [0.1, 0.15) is 39.2 Å². The summed E-state index contributed by atoms with van der Waals surface area (Å²) in [5, 5.41) is 0. The third-order valence-electron chi connectivity index (χ3n) is 3.20. The molecule has 1 amide bonds. The van der Waals surface area contributed by atoms with Crippen molar-refractivity contribution in [2.75, 3.05) is 26.8 Å². The molecule has 0 heterocycles. The molecule has 0 aliphatic heterocycles. The molecule has 4 heteroatoms. The molecule has 0 N–H and O–H groups in total. The molecule has 0 aliphatic carbocycles. The Kier molecular flexibility index (Phi) is 8.11. The standard InChI is InChI=1S/C18H27NO3/c1-5-12-19(13-6-2)18(20)11-9-15-8-10-16(22-7-3)17(14-15)21-4/h8-11,14H,5-7,12-13H2,1-4H3/b11-9+. The maximum absolute atomic E-state index is 12.2. The van der Waals surface area contributed by atoms with Crippen LogP contribution in [-0.2, 0) is 4.79 Å². The summed E-state index contributed by atoms with van der Waals surface area (Å²) in [4.78, 5) is 14.1. The van der Waals surface area contributed by atoms with E-state index in [0.717, 1.165) is 31.5 Å². The van der Waals surface area contributed by atoms with Crippen LogP contribution in [0.4, 0.5) is 0 Å². The minimum absolute atomic E-state index is 0.0524. The van der Waals surface area contributed by atoms with Crippen molar-refractivity contribution in [1.82, 2.24) is 4.90 Å². The van der Waals surface area contributed by atoms with Crippen LogP contribution >= 0.6 is 0 Å². The Labute approximate surface area is 133 Å². The Hall–Kier alpha value is -1.97. The topological polar surface area (TPSA) is 38.8 Å². The minimum atomic E-state index is 0.0524. The van der Waals surface area contributed by atoms with E-state index in [0.29, 0.717) is 18.1 Å². The van der Waals surface area contributed by atoms with Gasteiger partial charge in [0, 0.05) is 19.2 Å². The first kappa shape index (κ1) is 18.1. The number of amides is 1. The summed E-state index contributed by atoms with van der Waals surface area (Å²) in [5.74, 6) is 1.44. The monoisotopic (exact) mass is 305 g/mol. The van der Waals surface area contributed by atoms with Gasteiger partial charge in [0.05, 0.1) is 13.7 Å². The van der Waals surface area contributed by atoms with Crippen molar-refractivity contribution in [1.29, 1.82) is 0 Å². The van der Waals surface area contributed by atoms with Crippen LogP contribution in [0.2, 0.25) is 0 Å². The minimum Gasteiger partial charge on any atom is -0.493 e. The molecule has 0 spiro atoms. The fraction of sp³-hybridized carbons (Fsp3) is 0.500. The van der Waals surface area contributed by atoms with Crippen LogP contribution < -0.4 is 9.47 Å². The zero-order valence-electron chi connectivity index (χ0n) is 14.1. The highest BCUT2D eigenvalue weighted by Crippen LogP contribution is 2.28. The zero-order valence-corrected chi connectivity index (χ0v) is 14.1. The molecule has 0 aliphatic rings. The lowest BCUT2D eigenvalue weighted by atomic mass is 10.2. The molecule has 0 radical (unpaired) electrons. The first-order valence-corrected chi connectivity index (χ1v) is 7.94. The molecule has 0 aromatic heterocycles. The molecule has 4 nitrogen and oxygen atoms in total. The van der Waals surface area contributed by atoms with Gasteiger partial charge in [-0.1, -0.05) is 19.9 Å². The number of methoxy groups -OCH3 is 1. The van der Waals surface area contributed by atoms with Gasteiger partial charge >= 0.3 is 0 Å². The maximum Gasteiger partial charge on any atom is 0.246 e. The van der Waals surface area contributed by atoms with Gasteiger partial charge < -0.3 is 14.4 Å². The predicted molar refractivity (Wildman–Crippen MR) is 90.4 cm³/mol. The molecule has 1 rings (SSSR count). The van der Waals surface area contributed by atoms with E-state index < -0.39 is 0 Å². The number of ether oxygens (including phenoxy) is 2. The number of hydrogen-bond acceptors (Lipinski definition) is 3. The van der Waals surface area contributed by atoms with Crippen LogP contribution in [0.5, 0.6) is 11.5 Å². The molecular formula is C18H27NO3. The highest BCUT2D eigenvalue weighted by Gasteiger charge is 2.08. The van der Waals surface area contributed by atoms with E-state index in [4.69, 9.17) is 9.47 Å². The number of carbonyl (C=O) groups is 1. The van der Waals surface area contributed by atoms with Crippen LogP contribution in [0.3, 0.4) is 0 Å². The summed E-state index contributed by atoms with van der Waals surface area (Å²) in [6, 6.07) is 5.66. The van der Waals surface area contributed by atoms with Crippen LogP contribution in [-0.4, -0.2) is 37.6 Å². The zero-order chi connectivity index (χ0) is 16.4. The molecule has 122 valence electrons. The average Bonchev–Trinajstić information content (AvgIpc) is 2.53. The summed E-state index contributed by atoms with van der Waals surface area (Å²) < 4.78 is 10.8. The Morgan fingerprint density at radius 3 is 2.36 bits per heavy atom. The van der Waals surface area contributed by atoms with Crippen LogP contribution in [0.25, 0.3) is 6.08 Å². The number of nitrogens with zero attached hydrogens (tertiary/aromatic N) is 1. The van der Waals surface area contributed by atoms with Crippen molar-refractivity contribution in [3.63, 3.8) is 0 Å². The van der Waals surface area contributed by atoms with E-state index in [1.165, 1.54) is 0 Å². The van der Waals surface area contributed by atoms with Gasteiger partial charge in [0.15, 0.2) is 11.5 Å². The van der Waals surface area contributed by atoms with Gasteiger partial charge in [-0.3, -0.25) is 4.79 Å². The van der Waals surface area contributed by atoms with Crippen molar-refractivity contribution in [2.24, 2.45) is 0 Å². The second-order valence-electron chi connectivity index (χ2n) is 5.00. The van der Waals surface area contributed by atoms with Gasteiger partial charge in [-0.05, 0) is 43.5 Å². The third-order valence-corrected chi connectivity index (χ3v) is 3.20. The van der Waals surface area contributed by atoms with E-state index in [1.54, 1.807) is 13.2 Å². The molecule has 1 aromatic carbocycles. The molecule has 0 saturated heterocycles. The second kappa shape index (κ2) is 9.87. The summed E-state index contributed by atoms with van der Waals surface area (Å²) in [6.07, 6.45) is 5.38. The fourth-order valence-corrected chi connectivity index (χ4v) is 2.21. The molecule has 0 bridgehead atoms. The molecule has 0 saturated carbocycles. The first-order chi connectivity index (χ1) is 10.7. The van der Waals surface area contributed by atoms with E-state index in [9.17, 15) is 4.79 Å². The number of hydrogen-bond donors (Lipinski definition) is 0. The molecule has 0 fully saturated rings. The number of benzene rings is 1. The SMILES string of the molecule is CCCN(CCC)C(=O)/C=C/c1ccc(OCC)c(OC)c1. The van der Waals surface area contributed by atoms with Gasteiger partial charge in [0.25, 0.3) is 0 Å². The van der Waals surface area contributed by atoms with Crippen LogP contribution in [0.15, 0.2) is 24.3 Å². The Morgan fingerprint density at radius 2 is 1.82 bits per heavy atom. The summed E-state index contributed by atoms with van der Waals surface area (Å²) in [5.41, 5.74) is 0.918. The largest absolute Gasteiger partial charge is 0.493 e. The molecule has 0 unspecified atom stereocenters. The highest BCUT2D eigenvalue weighted by molar-refractivity contribution is 5.91. The number of rotatable bonds is 9. The van der Waals surface area contributed by atoms with E-state index in [-0.39, 0.29) is 5.91 Å². The van der Waals surface area contributed by atoms with E-state index in [1.807, 2.05) is 36.1 Å². The first-order valence-electron chi connectivity index (χ1n) is 7.94. The Bertz CT molecular complexity index is 491. The van der Waals surface area contributed by atoms with Crippen molar-refractivity contribution in [3.05, 3.63) is 29.8 Å². The maximum atomic E-state index is 12.2. The molecule has 1 aromatic rings. The molecular weight excluding hydrogens is 278 g/mol. The van der Waals surface area contributed by atoms with Gasteiger partial charge in [0.2, 0.25) is 5.91 Å². The van der Waals surface area contributed by atoms with Crippen molar-refractivity contribution in [2.45, 2.75) is 33.6 Å². The van der Waals surface area contributed by atoms with Crippen LogP contribution in [0, 0.1) is 0 Å². The Balaban J connectivity index is 2.82. The lowest BCUT2D eigenvalue weighted by Gasteiger charge is -2.19. The van der Waals surface area contributed by atoms with Crippen molar-refractivity contribution >= 4 is 12.0 Å². The van der Waals surface area contributed by atoms with Gasteiger partial charge in [-0.2, -0.15) is 0 Å². The summed E-state index contributed by atoms with van der Waals surface area (Å²) in [6.45, 7) is 8.27. The lowest BCUT2D eigenvalue weighted by Crippen LogP contribution is -2.30. The van der Waals surface area contributed by atoms with Gasteiger partial charge in [-0.15, -0.1) is 0 Å². The predicted octanol–water partition coefficient (Wildman–Crippen LogP) is 3.76. The van der Waals surface area contributed by atoms with Gasteiger partial charge in [0.1, 0.15) is 0 Å². The highest BCUT2D eigenvalue weighted by atomic mass is 16.5. The van der Waals surface area contributed by atoms with Gasteiger partial charge in [-0.25, -0.2) is 0 Å². The lowest BCUT2D eigenvalue weighted by molar-refractivity contribution is -0.126. The second-order valence-corrected chi connectivity index (χ2v) is 5.00. The molecule has 22 heavy (non-hydrogen) atoms. The summed E-state index contributed by atoms with van der Waals surface area (Å²) >= 11 is 0. The van der Waals surface area contributed by atoms with Crippen molar-refractivity contribution < 1.29 is 14.3 Å². The quantitative estimate of drug-likeness (QED) is 0.652. The fourth-order valence-electron chi connectivity index (χ4n) is 2.21. The van der Waals surface area contributed by atoms with E-state index in [2.05, 4.69) is 13.8 Å².